The molecule has 0 amide bonds. The maximum Gasteiger partial charge on any atom is 0.00839 e. The standard InChI is InChI=1S/C13H27I/c1-9(2)13(6,7)12(5)10(3)8-11(4)14/h9-12H,8H2,1-7H3. The Labute approximate surface area is 104 Å². The highest BCUT2D eigenvalue weighted by molar-refractivity contribution is 14.1. The molecular weight excluding hydrogens is 283 g/mol. The molecule has 0 aromatic heterocycles. The van der Waals surface area contributed by atoms with Crippen molar-refractivity contribution in [2.24, 2.45) is 23.2 Å². The number of alkyl halides is 1. The summed E-state index contributed by atoms with van der Waals surface area (Å²) in [5.41, 5.74) is 0.463. The molecule has 0 aliphatic carbocycles. The minimum absolute atomic E-state index is 0.463. The molecule has 0 saturated heterocycles. The second kappa shape index (κ2) is 5.72. The molecule has 1 heteroatoms. The van der Waals surface area contributed by atoms with E-state index in [0.29, 0.717) is 5.41 Å². The Morgan fingerprint density at radius 2 is 1.43 bits per heavy atom. The Morgan fingerprint density at radius 3 is 1.71 bits per heavy atom. The normalized spacial score (nSPS) is 19.5. The smallest absolute Gasteiger partial charge is 0.00839 e. The van der Waals surface area contributed by atoms with Gasteiger partial charge in [0, 0.05) is 3.92 Å². The van der Waals surface area contributed by atoms with Crippen molar-refractivity contribution in [2.45, 2.75) is 58.8 Å². The molecule has 86 valence electrons. The zero-order chi connectivity index (χ0) is 11.5. The van der Waals surface area contributed by atoms with E-state index < -0.39 is 0 Å². The van der Waals surface area contributed by atoms with Gasteiger partial charge in [-0.2, -0.15) is 0 Å². The second-order valence-electron chi connectivity index (χ2n) is 5.76. The molecule has 0 bridgehead atoms. The molecule has 0 spiro atoms. The van der Waals surface area contributed by atoms with Gasteiger partial charge in [0.25, 0.3) is 0 Å². The van der Waals surface area contributed by atoms with Gasteiger partial charge < -0.3 is 0 Å². The highest BCUT2D eigenvalue weighted by atomic mass is 127. The van der Waals surface area contributed by atoms with Crippen LogP contribution in [0.15, 0.2) is 0 Å². The molecule has 0 radical (unpaired) electrons. The topological polar surface area (TPSA) is 0 Å². The van der Waals surface area contributed by atoms with Crippen LogP contribution in [0, 0.1) is 23.2 Å². The summed E-state index contributed by atoms with van der Waals surface area (Å²) in [5.74, 6) is 2.41. The van der Waals surface area contributed by atoms with E-state index in [1.165, 1.54) is 6.42 Å². The monoisotopic (exact) mass is 310 g/mol. The van der Waals surface area contributed by atoms with Crippen LogP contribution in [0.5, 0.6) is 0 Å². The van der Waals surface area contributed by atoms with Crippen molar-refractivity contribution in [3.05, 3.63) is 0 Å². The Morgan fingerprint density at radius 1 is 1.00 bits per heavy atom. The maximum atomic E-state index is 2.54. The largest absolute Gasteiger partial charge is 0.0829 e. The molecular formula is C13H27I. The number of hydrogen-bond acceptors (Lipinski definition) is 0. The molecule has 0 N–H and O–H groups in total. The molecule has 0 saturated carbocycles. The second-order valence-corrected chi connectivity index (χ2v) is 7.88. The summed E-state index contributed by atoms with van der Waals surface area (Å²) in [6.07, 6.45) is 1.35. The summed E-state index contributed by atoms with van der Waals surface area (Å²) in [5, 5.41) is 0. The Kier molecular flexibility index (Phi) is 6.01. The zero-order valence-corrected chi connectivity index (χ0v) is 13.1. The van der Waals surface area contributed by atoms with Crippen LogP contribution in [0.3, 0.4) is 0 Å². The lowest BCUT2D eigenvalue weighted by molar-refractivity contribution is 0.102. The van der Waals surface area contributed by atoms with Crippen molar-refractivity contribution in [1.82, 2.24) is 0 Å². The molecule has 0 fully saturated rings. The van der Waals surface area contributed by atoms with Gasteiger partial charge in [-0.3, -0.25) is 0 Å². The summed E-state index contributed by atoms with van der Waals surface area (Å²) in [7, 11) is 0. The van der Waals surface area contributed by atoms with Crippen molar-refractivity contribution in [3.8, 4) is 0 Å². The van der Waals surface area contributed by atoms with E-state index in [-0.39, 0.29) is 0 Å². The van der Waals surface area contributed by atoms with Gasteiger partial charge in [-0.05, 0) is 29.6 Å². The van der Waals surface area contributed by atoms with E-state index in [2.05, 4.69) is 71.1 Å². The lowest BCUT2D eigenvalue weighted by atomic mass is 9.66. The van der Waals surface area contributed by atoms with E-state index in [1.54, 1.807) is 0 Å². The molecule has 14 heavy (non-hydrogen) atoms. The van der Waals surface area contributed by atoms with Crippen LogP contribution < -0.4 is 0 Å². The lowest BCUT2D eigenvalue weighted by Crippen LogP contribution is -2.32. The first kappa shape index (κ1) is 14.7. The van der Waals surface area contributed by atoms with E-state index in [1.807, 2.05) is 0 Å². The van der Waals surface area contributed by atoms with Crippen LogP contribution in [-0.4, -0.2) is 3.92 Å². The molecule has 0 rings (SSSR count). The number of halogens is 1. The van der Waals surface area contributed by atoms with Gasteiger partial charge in [0.15, 0.2) is 0 Å². The van der Waals surface area contributed by atoms with Gasteiger partial charge in [-0.15, -0.1) is 0 Å². The Bertz CT molecular complexity index is 159. The van der Waals surface area contributed by atoms with Gasteiger partial charge in [-0.1, -0.05) is 71.1 Å². The highest BCUT2D eigenvalue weighted by Crippen LogP contribution is 2.40. The first-order valence-corrected chi connectivity index (χ1v) is 7.08. The zero-order valence-electron chi connectivity index (χ0n) is 10.9. The summed E-state index contributed by atoms with van der Waals surface area (Å²) < 4.78 is 0.799. The molecule has 3 unspecified atom stereocenters. The lowest BCUT2D eigenvalue weighted by Gasteiger charge is -2.39. The van der Waals surface area contributed by atoms with Crippen LogP contribution in [0.2, 0.25) is 0 Å². The molecule has 0 aromatic carbocycles. The predicted octanol–water partition coefficient (Wildman–Crippen LogP) is 5.15. The molecule has 0 aliphatic rings. The minimum Gasteiger partial charge on any atom is -0.0829 e. The summed E-state index contributed by atoms with van der Waals surface area (Å²) in [6, 6.07) is 0. The van der Waals surface area contributed by atoms with E-state index in [0.717, 1.165) is 21.7 Å². The SMILES string of the molecule is CC(I)CC(C)C(C)C(C)(C)C(C)C. The highest BCUT2D eigenvalue weighted by Gasteiger charge is 2.32. The fourth-order valence-corrected chi connectivity index (χ4v) is 2.78. The maximum absolute atomic E-state index is 2.54. The van der Waals surface area contributed by atoms with Crippen molar-refractivity contribution in [3.63, 3.8) is 0 Å². The van der Waals surface area contributed by atoms with Crippen molar-refractivity contribution >= 4 is 22.6 Å². The van der Waals surface area contributed by atoms with Crippen molar-refractivity contribution in [2.75, 3.05) is 0 Å². The molecule has 3 atom stereocenters. The third-order valence-corrected chi connectivity index (χ3v) is 4.72. The van der Waals surface area contributed by atoms with Gasteiger partial charge in [0.1, 0.15) is 0 Å². The minimum atomic E-state index is 0.463. The molecule has 0 nitrogen and oxygen atoms in total. The fraction of sp³-hybridized carbons (Fsp3) is 1.00. The first-order valence-electron chi connectivity index (χ1n) is 5.83. The number of hydrogen-bond donors (Lipinski definition) is 0. The third kappa shape index (κ3) is 4.08. The molecule has 0 heterocycles. The van der Waals surface area contributed by atoms with Gasteiger partial charge in [0.05, 0.1) is 0 Å². The Balaban J connectivity index is 4.37. The van der Waals surface area contributed by atoms with Gasteiger partial charge in [0.2, 0.25) is 0 Å². The third-order valence-electron chi connectivity index (χ3n) is 4.21. The van der Waals surface area contributed by atoms with Gasteiger partial charge in [-0.25, -0.2) is 0 Å². The van der Waals surface area contributed by atoms with Crippen molar-refractivity contribution in [1.29, 1.82) is 0 Å². The van der Waals surface area contributed by atoms with Crippen LogP contribution in [0.25, 0.3) is 0 Å². The fourth-order valence-electron chi connectivity index (χ4n) is 1.98. The van der Waals surface area contributed by atoms with Crippen LogP contribution in [0.4, 0.5) is 0 Å². The predicted molar refractivity (Wildman–Crippen MR) is 75.0 cm³/mol. The quantitative estimate of drug-likeness (QED) is 0.486. The summed E-state index contributed by atoms with van der Waals surface area (Å²) in [6.45, 7) is 16.7. The molecule has 0 aliphatic heterocycles. The molecule has 0 aromatic rings. The van der Waals surface area contributed by atoms with E-state index >= 15 is 0 Å². The average Bonchev–Trinajstić information content (AvgIpc) is 2.01. The van der Waals surface area contributed by atoms with Gasteiger partial charge >= 0.3 is 0 Å². The van der Waals surface area contributed by atoms with Crippen molar-refractivity contribution < 1.29 is 0 Å². The van der Waals surface area contributed by atoms with Crippen LogP contribution in [-0.2, 0) is 0 Å². The van der Waals surface area contributed by atoms with Crippen LogP contribution in [0.1, 0.15) is 54.9 Å². The van der Waals surface area contributed by atoms with E-state index in [4.69, 9.17) is 0 Å². The Hall–Kier alpha value is 0.730. The first-order chi connectivity index (χ1) is 6.19. The van der Waals surface area contributed by atoms with E-state index in [9.17, 15) is 0 Å². The summed E-state index contributed by atoms with van der Waals surface area (Å²) in [4.78, 5) is 0. The summed E-state index contributed by atoms with van der Waals surface area (Å²) >= 11 is 2.54. The average molecular weight is 310 g/mol. The van der Waals surface area contributed by atoms with Crippen LogP contribution >= 0.6 is 22.6 Å². The number of rotatable bonds is 5.